The molecule has 4 aliphatic rings. The summed E-state index contributed by atoms with van der Waals surface area (Å²) in [7, 11) is -1.75. The van der Waals surface area contributed by atoms with Crippen molar-refractivity contribution in [2.45, 2.75) is 174 Å². The van der Waals surface area contributed by atoms with E-state index in [0.29, 0.717) is 11.6 Å². The molecule has 0 unspecified atom stereocenters. The van der Waals surface area contributed by atoms with Gasteiger partial charge in [-0.3, -0.25) is 9.59 Å². The second-order valence-corrected chi connectivity index (χ2v) is 23.9. The van der Waals surface area contributed by atoms with E-state index in [9.17, 15) is 75.7 Å². The molecule has 0 radical (unpaired) electrons. The van der Waals surface area contributed by atoms with E-state index in [1.807, 2.05) is 0 Å². The Balaban J connectivity index is 1.54. The van der Waals surface area contributed by atoms with E-state index in [4.69, 9.17) is 37.9 Å². The van der Waals surface area contributed by atoms with Crippen LogP contribution in [0.5, 0.6) is 0 Å². The smallest absolute Gasteiger partial charge is 0.364 e. The van der Waals surface area contributed by atoms with Gasteiger partial charge in [0.25, 0.3) is 5.79 Å². The number of carbonyl (C=O) groups excluding carboxylic acids is 2. The van der Waals surface area contributed by atoms with Gasteiger partial charge in [-0.25, -0.2) is 4.79 Å². The Morgan fingerprint density at radius 1 is 0.746 bits per heavy atom. The van der Waals surface area contributed by atoms with Crippen LogP contribution in [0.3, 0.4) is 0 Å². The Bertz CT molecular complexity index is 1770. The van der Waals surface area contributed by atoms with Gasteiger partial charge < -0.3 is 110 Å². The Morgan fingerprint density at radius 3 is 1.90 bits per heavy atom. The fraction of sp³-hybridized carbons (Fsp3) is 0.780. The van der Waals surface area contributed by atoms with Crippen LogP contribution >= 0.6 is 0 Å². The molecule has 2 amide bonds. The number of nitrogens with one attached hydrogen (secondary N) is 2. The van der Waals surface area contributed by atoms with Crippen molar-refractivity contribution in [1.82, 2.24) is 10.6 Å². The van der Waals surface area contributed by atoms with Gasteiger partial charge in [-0.2, -0.15) is 0 Å². The molecule has 0 spiro atoms. The van der Waals surface area contributed by atoms with E-state index >= 15 is 0 Å². The van der Waals surface area contributed by atoms with Crippen molar-refractivity contribution in [1.29, 1.82) is 0 Å². The molecule has 1 aromatic carbocycles. The van der Waals surface area contributed by atoms with Gasteiger partial charge in [-0.1, -0.05) is 50.0 Å². The summed E-state index contributed by atoms with van der Waals surface area (Å²) in [6, 6.07) is 5.71. The molecule has 4 heterocycles. The van der Waals surface area contributed by atoms with Crippen LogP contribution in [0.1, 0.15) is 31.9 Å². The third kappa shape index (κ3) is 12.9. The molecule has 0 bridgehead atoms. The molecule has 4 saturated heterocycles. The predicted octanol–water partition coefficient (Wildman–Crippen LogP) is -5.51. The van der Waals surface area contributed by atoms with Gasteiger partial charge in [-0.15, -0.1) is 0 Å². The first-order valence-electron chi connectivity index (χ1n) is 21.8. The van der Waals surface area contributed by atoms with Gasteiger partial charge in [0.05, 0.1) is 32.0 Å². The second kappa shape index (κ2) is 23.3. The molecular formula is C41H66N2O23Si. The van der Waals surface area contributed by atoms with Crippen LogP contribution in [-0.2, 0) is 52.3 Å². The summed E-state index contributed by atoms with van der Waals surface area (Å²) in [6.07, 6.45) is -34.7. The van der Waals surface area contributed by atoms with Crippen LogP contribution < -0.4 is 10.6 Å². The molecule has 0 saturated carbocycles. The number of carboxylic acids is 1. The van der Waals surface area contributed by atoms with Crippen LogP contribution in [0.4, 0.5) is 0 Å². The van der Waals surface area contributed by atoms with E-state index in [2.05, 4.69) is 30.3 Å². The van der Waals surface area contributed by atoms with Gasteiger partial charge in [0.1, 0.15) is 91.5 Å². The fourth-order valence-corrected chi connectivity index (χ4v) is 9.08. The molecule has 14 N–H and O–H groups in total. The van der Waals surface area contributed by atoms with Gasteiger partial charge >= 0.3 is 5.97 Å². The van der Waals surface area contributed by atoms with Crippen LogP contribution in [-0.4, -0.2) is 236 Å². The molecule has 25 nitrogen and oxygen atoms in total. The number of carboxylic acid groups (broad SMARTS) is 1. The van der Waals surface area contributed by atoms with Crippen molar-refractivity contribution in [3.05, 3.63) is 35.9 Å². The third-order valence-electron chi connectivity index (χ3n) is 11.9. The zero-order valence-corrected chi connectivity index (χ0v) is 38.5. The lowest BCUT2D eigenvalue weighted by atomic mass is 9.88. The van der Waals surface area contributed by atoms with E-state index in [1.54, 1.807) is 30.3 Å². The first kappa shape index (κ1) is 55.0. The van der Waals surface area contributed by atoms with Crippen molar-refractivity contribution >= 4 is 25.9 Å². The first-order valence-corrected chi connectivity index (χ1v) is 25.5. The minimum atomic E-state index is -3.12. The van der Waals surface area contributed by atoms with E-state index < -0.39 is 180 Å². The van der Waals surface area contributed by atoms with Gasteiger partial charge in [0.15, 0.2) is 18.9 Å². The Labute approximate surface area is 386 Å². The molecular weight excluding hydrogens is 917 g/mol. The number of hydrogen-bond donors (Lipinski definition) is 14. The van der Waals surface area contributed by atoms with Crippen molar-refractivity contribution < 1.29 is 114 Å². The summed E-state index contributed by atoms with van der Waals surface area (Å²) in [5.74, 6) is -6.57. The molecule has 21 atom stereocenters. The number of amides is 2. The average molecular weight is 983 g/mol. The minimum absolute atomic E-state index is 0.0977. The number of benzene rings is 1. The Morgan fingerprint density at radius 2 is 1.33 bits per heavy atom. The lowest BCUT2D eigenvalue weighted by Crippen LogP contribution is -2.71. The highest BCUT2D eigenvalue weighted by molar-refractivity contribution is 6.76. The molecule has 5 rings (SSSR count). The monoisotopic (exact) mass is 982 g/mol. The number of aliphatic hydroxyl groups excluding tert-OH is 11. The summed E-state index contributed by atoms with van der Waals surface area (Å²) in [5.41, 5.74) is 0.372. The average Bonchev–Trinajstić information content (AvgIpc) is 3.27. The third-order valence-corrected chi connectivity index (χ3v) is 13.6. The maximum atomic E-state index is 13.1. The second-order valence-electron chi connectivity index (χ2n) is 18.3. The molecule has 1 aromatic rings. The topological polar surface area (TPSA) is 392 Å². The summed E-state index contributed by atoms with van der Waals surface area (Å²) in [6.45, 7) is 5.50. The largest absolute Gasteiger partial charge is 0.477 e. The molecule has 4 fully saturated rings. The summed E-state index contributed by atoms with van der Waals surface area (Å²) < 4.78 is 48.3. The highest BCUT2D eigenvalue weighted by atomic mass is 28.3. The van der Waals surface area contributed by atoms with Crippen LogP contribution in [0, 0.1) is 0 Å². The zero-order chi connectivity index (χ0) is 49.7. The molecule has 4 aliphatic heterocycles. The van der Waals surface area contributed by atoms with E-state index in [-0.39, 0.29) is 6.61 Å². The van der Waals surface area contributed by atoms with Crippen LogP contribution in [0.15, 0.2) is 30.3 Å². The van der Waals surface area contributed by atoms with Gasteiger partial charge in [0, 0.05) is 34.9 Å². The lowest BCUT2D eigenvalue weighted by Gasteiger charge is -2.52. The number of carbonyl (C=O) groups is 3. The SMILES string of the molecule is CC(=O)N[C@H]1[C@H](OCC[Si](C)(C)C)O[C@H](CO)[C@@H](O[C@@H]2O[C@H](CO)[C@@H](O)[C@H](O[C@]3(C(=O)O)C[C@H](O)[C@@H](NC(C)=O)[C@H]([C@H](O)[C@H](O)CO)O3)[C@H]2O)[C@@H]1O[C@@H]1O[C@@H](c2ccccc2)[C@@H](O)[C@@H](O)[C@@H]1O. The maximum Gasteiger partial charge on any atom is 0.364 e. The lowest BCUT2D eigenvalue weighted by molar-refractivity contribution is -0.391. The summed E-state index contributed by atoms with van der Waals surface area (Å²) in [5, 5.41) is 135. The standard InChI is InChI=1S/C41H66N2O23Si/c1-17(47)42-24-20(49)13-41(40(57)58,65-34(24)26(51)21(50)14-44)66-36-27(52)22(15-45)60-39(31(36)56)63-33-23(16-46)61-37(59-11-12-67(3,4)5)25(43-18(2)48)35(33)64-38-30(55)28(53)29(54)32(62-38)19-9-7-6-8-10-19/h6-10,20-39,44-46,49-56H,11-16H2,1-5H3,(H,42,47)(H,43,48)(H,57,58)/t20-,21+,22+,23+,24+,25+,26+,27+,28+,29-,30-,31+,32-,33+,34+,35+,36-,37+,38-,39-,41-/m0/s1. The van der Waals surface area contributed by atoms with Gasteiger partial charge in [0.2, 0.25) is 11.8 Å². The molecule has 0 aromatic heterocycles. The number of rotatable bonds is 19. The zero-order valence-electron chi connectivity index (χ0n) is 37.5. The molecule has 382 valence electrons. The van der Waals surface area contributed by atoms with Crippen LogP contribution in [0.2, 0.25) is 25.7 Å². The first-order chi connectivity index (χ1) is 31.5. The quantitative estimate of drug-likeness (QED) is 0.0575. The Kier molecular flexibility index (Phi) is 19.2. The molecule has 26 heteroatoms. The fourth-order valence-electron chi connectivity index (χ4n) is 8.35. The maximum absolute atomic E-state index is 13.1. The normalized spacial score (nSPS) is 40.4. The number of hydrogen-bond acceptors (Lipinski definition) is 22. The predicted molar refractivity (Wildman–Crippen MR) is 224 cm³/mol. The minimum Gasteiger partial charge on any atom is -0.477 e. The number of ether oxygens (including phenoxy) is 8. The van der Waals surface area contributed by atoms with Gasteiger partial charge in [-0.05, 0) is 11.6 Å². The van der Waals surface area contributed by atoms with E-state index in [0.717, 1.165) is 13.8 Å². The van der Waals surface area contributed by atoms with Crippen molar-refractivity contribution in [3.8, 4) is 0 Å². The summed E-state index contributed by atoms with van der Waals surface area (Å²) >= 11 is 0. The van der Waals surface area contributed by atoms with Crippen LogP contribution in [0.25, 0.3) is 0 Å². The van der Waals surface area contributed by atoms with Crippen molar-refractivity contribution in [2.24, 2.45) is 0 Å². The van der Waals surface area contributed by atoms with Crippen molar-refractivity contribution in [3.63, 3.8) is 0 Å². The molecule has 67 heavy (non-hydrogen) atoms. The number of aliphatic carboxylic acids is 1. The highest BCUT2D eigenvalue weighted by Gasteiger charge is 2.61. The summed E-state index contributed by atoms with van der Waals surface area (Å²) in [4.78, 5) is 38.0. The Hall–Kier alpha value is -2.91. The van der Waals surface area contributed by atoms with Crippen molar-refractivity contribution in [2.75, 3.05) is 26.4 Å². The number of aliphatic hydroxyl groups is 11. The van der Waals surface area contributed by atoms with E-state index in [1.165, 1.54) is 0 Å². The highest BCUT2D eigenvalue weighted by Crippen LogP contribution is 2.40. The molecule has 0 aliphatic carbocycles.